The molecule has 1 aliphatic rings. The van der Waals surface area contributed by atoms with Crippen LogP contribution in [0.4, 0.5) is 0 Å². The number of nitrogens with zero attached hydrogens (tertiary/aromatic N) is 2. The first kappa shape index (κ1) is 15.0. The van der Waals surface area contributed by atoms with Gasteiger partial charge >= 0.3 is 0 Å². The fourth-order valence-electron chi connectivity index (χ4n) is 2.27. The van der Waals surface area contributed by atoms with E-state index >= 15 is 0 Å². The zero-order valence-corrected chi connectivity index (χ0v) is 12.7. The Morgan fingerprint density at radius 1 is 1.55 bits per heavy atom. The minimum absolute atomic E-state index is 0.00587. The number of hydrogen-bond donors (Lipinski definition) is 2. The number of likely N-dealkylation sites (N-methyl/N-ethyl adjacent to an activating group) is 1. The van der Waals surface area contributed by atoms with Crippen LogP contribution in [-0.4, -0.2) is 55.9 Å². The lowest BCUT2D eigenvalue weighted by atomic mass is 10.2. The van der Waals surface area contributed by atoms with Crippen molar-refractivity contribution in [3.8, 4) is 0 Å². The van der Waals surface area contributed by atoms with E-state index in [2.05, 4.69) is 10.6 Å². The molecule has 0 unspecified atom stereocenters. The average Bonchev–Trinajstić information content (AvgIpc) is 2.75. The van der Waals surface area contributed by atoms with E-state index in [1.165, 1.54) is 28.2 Å². The van der Waals surface area contributed by atoms with Gasteiger partial charge in [-0.25, -0.2) is 8.42 Å². The number of aromatic nitrogens is 1. The highest BCUT2D eigenvalue weighted by atomic mass is 32.2. The summed E-state index contributed by atoms with van der Waals surface area (Å²) < 4.78 is 28.3. The largest absolute Gasteiger partial charge is 0.354 e. The summed E-state index contributed by atoms with van der Waals surface area (Å²) in [7, 11) is -0.389. The summed E-state index contributed by atoms with van der Waals surface area (Å²) >= 11 is 0. The Kier molecular flexibility index (Phi) is 4.17. The Balaban J connectivity index is 2.36. The Hall–Kier alpha value is -1.38. The number of amides is 1. The van der Waals surface area contributed by atoms with E-state index in [4.69, 9.17) is 0 Å². The molecule has 2 rings (SSSR count). The zero-order chi connectivity index (χ0) is 14.9. The van der Waals surface area contributed by atoms with Gasteiger partial charge in [-0.3, -0.25) is 4.79 Å². The molecule has 0 saturated carbocycles. The predicted octanol–water partition coefficient (Wildman–Crippen LogP) is -0.633. The molecular formula is C12H20N4O3S. The van der Waals surface area contributed by atoms with E-state index < -0.39 is 10.0 Å². The minimum atomic E-state index is -3.56. The molecule has 2 N–H and O–H groups in total. The molecule has 0 atom stereocenters. The molecular weight excluding hydrogens is 280 g/mol. The molecule has 1 aliphatic heterocycles. The standard InChI is InChI=1S/C12H20N4O3S/c1-4-16(9-6-14-7-9)20(18,19)10-5-11(12(17)13-2)15(3)8-10/h5,8-9,14H,4,6-7H2,1-3H3,(H,13,17). The van der Waals surface area contributed by atoms with Crippen LogP contribution in [0.25, 0.3) is 0 Å². The Morgan fingerprint density at radius 3 is 2.65 bits per heavy atom. The lowest BCUT2D eigenvalue weighted by Crippen LogP contribution is -2.58. The van der Waals surface area contributed by atoms with Gasteiger partial charge in [-0.05, 0) is 6.07 Å². The fraction of sp³-hybridized carbons (Fsp3) is 0.583. The molecule has 1 fully saturated rings. The summed E-state index contributed by atoms with van der Waals surface area (Å²) in [6.07, 6.45) is 1.48. The maximum Gasteiger partial charge on any atom is 0.267 e. The quantitative estimate of drug-likeness (QED) is 0.758. The van der Waals surface area contributed by atoms with Crippen LogP contribution in [0, 0.1) is 0 Å². The summed E-state index contributed by atoms with van der Waals surface area (Å²) in [4.78, 5) is 11.8. The van der Waals surface area contributed by atoms with Crippen molar-refractivity contribution in [2.24, 2.45) is 7.05 Å². The van der Waals surface area contributed by atoms with Crippen LogP contribution >= 0.6 is 0 Å². The van der Waals surface area contributed by atoms with Gasteiger partial charge in [0.05, 0.1) is 6.04 Å². The second-order valence-electron chi connectivity index (χ2n) is 4.77. The van der Waals surface area contributed by atoms with Gasteiger partial charge in [0.2, 0.25) is 10.0 Å². The van der Waals surface area contributed by atoms with Crippen LogP contribution in [0.15, 0.2) is 17.2 Å². The van der Waals surface area contributed by atoms with Gasteiger partial charge in [0, 0.05) is 39.9 Å². The van der Waals surface area contributed by atoms with Crippen LogP contribution in [0.5, 0.6) is 0 Å². The van der Waals surface area contributed by atoms with Crippen LogP contribution < -0.4 is 10.6 Å². The number of hydrogen-bond acceptors (Lipinski definition) is 4. The van der Waals surface area contributed by atoms with E-state index in [9.17, 15) is 13.2 Å². The minimum Gasteiger partial charge on any atom is -0.354 e. The van der Waals surface area contributed by atoms with E-state index in [0.717, 1.165) is 0 Å². The van der Waals surface area contributed by atoms with E-state index in [0.29, 0.717) is 25.3 Å². The lowest BCUT2D eigenvalue weighted by molar-refractivity contribution is 0.0955. The van der Waals surface area contributed by atoms with Gasteiger partial charge in [0.15, 0.2) is 0 Å². The molecule has 0 aliphatic carbocycles. The molecule has 0 aromatic carbocycles. The Bertz CT molecular complexity index is 604. The van der Waals surface area contributed by atoms with Crippen LogP contribution in [0.2, 0.25) is 0 Å². The number of carbonyl (C=O) groups excluding carboxylic acids is 1. The maximum atomic E-state index is 12.6. The maximum absolute atomic E-state index is 12.6. The van der Waals surface area contributed by atoms with Gasteiger partial charge < -0.3 is 15.2 Å². The number of rotatable bonds is 5. The summed E-state index contributed by atoms with van der Waals surface area (Å²) in [5.74, 6) is -0.303. The van der Waals surface area contributed by atoms with Crippen molar-refractivity contribution in [1.29, 1.82) is 0 Å². The van der Waals surface area contributed by atoms with E-state index in [1.807, 2.05) is 6.92 Å². The van der Waals surface area contributed by atoms with E-state index in [-0.39, 0.29) is 16.8 Å². The molecule has 0 bridgehead atoms. The third-order valence-corrected chi connectivity index (χ3v) is 5.52. The highest BCUT2D eigenvalue weighted by Crippen LogP contribution is 2.21. The third-order valence-electron chi connectivity index (χ3n) is 3.53. The highest BCUT2D eigenvalue weighted by Gasteiger charge is 2.34. The van der Waals surface area contributed by atoms with Crippen LogP contribution in [0.3, 0.4) is 0 Å². The van der Waals surface area contributed by atoms with Crippen molar-refractivity contribution in [2.75, 3.05) is 26.7 Å². The van der Waals surface area contributed by atoms with Gasteiger partial charge in [0.1, 0.15) is 10.6 Å². The molecule has 1 saturated heterocycles. The predicted molar refractivity (Wildman–Crippen MR) is 75.0 cm³/mol. The van der Waals surface area contributed by atoms with E-state index in [1.54, 1.807) is 7.05 Å². The number of carbonyl (C=O) groups is 1. The lowest BCUT2D eigenvalue weighted by Gasteiger charge is -2.36. The van der Waals surface area contributed by atoms with Gasteiger partial charge in [-0.15, -0.1) is 0 Å². The van der Waals surface area contributed by atoms with Gasteiger partial charge in [0.25, 0.3) is 5.91 Å². The first-order valence-electron chi connectivity index (χ1n) is 6.52. The van der Waals surface area contributed by atoms with Crippen molar-refractivity contribution in [1.82, 2.24) is 19.5 Å². The third kappa shape index (κ3) is 2.46. The smallest absolute Gasteiger partial charge is 0.267 e. The zero-order valence-electron chi connectivity index (χ0n) is 11.9. The van der Waals surface area contributed by atoms with Crippen molar-refractivity contribution < 1.29 is 13.2 Å². The molecule has 7 nitrogen and oxygen atoms in total. The molecule has 0 spiro atoms. The number of nitrogens with one attached hydrogen (secondary N) is 2. The summed E-state index contributed by atoms with van der Waals surface area (Å²) in [6.45, 7) is 3.57. The second-order valence-corrected chi connectivity index (χ2v) is 6.66. The summed E-state index contributed by atoms with van der Waals surface area (Å²) in [5, 5.41) is 5.57. The molecule has 1 aromatic rings. The molecule has 0 radical (unpaired) electrons. The average molecular weight is 300 g/mol. The normalized spacial score (nSPS) is 16.2. The monoisotopic (exact) mass is 300 g/mol. The first-order chi connectivity index (χ1) is 9.41. The highest BCUT2D eigenvalue weighted by molar-refractivity contribution is 7.89. The molecule has 8 heteroatoms. The van der Waals surface area contributed by atoms with Crippen molar-refractivity contribution in [3.63, 3.8) is 0 Å². The van der Waals surface area contributed by atoms with Crippen LogP contribution in [0.1, 0.15) is 17.4 Å². The van der Waals surface area contributed by atoms with Crippen molar-refractivity contribution >= 4 is 15.9 Å². The Labute approximate surface area is 119 Å². The molecule has 112 valence electrons. The van der Waals surface area contributed by atoms with Gasteiger partial charge in [-0.1, -0.05) is 6.92 Å². The van der Waals surface area contributed by atoms with Crippen LogP contribution in [-0.2, 0) is 17.1 Å². The number of aryl methyl sites for hydroxylation is 1. The second kappa shape index (κ2) is 5.55. The number of sulfonamides is 1. The van der Waals surface area contributed by atoms with Gasteiger partial charge in [-0.2, -0.15) is 4.31 Å². The molecule has 2 heterocycles. The Morgan fingerprint density at radius 2 is 2.20 bits per heavy atom. The molecule has 20 heavy (non-hydrogen) atoms. The first-order valence-corrected chi connectivity index (χ1v) is 7.96. The SMILES string of the molecule is CCN(C1CNC1)S(=O)(=O)c1cc(C(=O)NC)n(C)c1. The molecule has 1 aromatic heterocycles. The fourth-order valence-corrected chi connectivity index (χ4v) is 3.97. The molecule has 1 amide bonds. The summed E-state index contributed by atoms with van der Waals surface area (Å²) in [6, 6.07) is 1.41. The van der Waals surface area contributed by atoms with Crippen molar-refractivity contribution in [2.45, 2.75) is 17.9 Å². The topological polar surface area (TPSA) is 83.4 Å². The summed E-state index contributed by atoms with van der Waals surface area (Å²) in [5.41, 5.74) is 0.328. The van der Waals surface area contributed by atoms with Crippen molar-refractivity contribution in [3.05, 3.63) is 18.0 Å².